The molecule has 1 atom stereocenters. The predicted octanol–water partition coefficient (Wildman–Crippen LogP) is 6.02. The largest absolute Gasteiger partial charge is 0.508 e. The fourth-order valence-electron chi connectivity index (χ4n) is 4.45. The Bertz CT molecular complexity index is 1530. The van der Waals surface area contributed by atoms with Crippen LogP contribution in [0.3, 0.4) is 0 Å². The molecule has 206 valence electrons. The molecule has 0 saturated carbocycles. The van der Waals surface area contributed by atoms with Gasteiger partial charge in [0.15, 0.2) is 0 Å². The first kappa shape index (κ1) is 28.0. The molecule has 4 rings (SSSR count). The van der Waals surface area contributed by atoms with Gasteiger partial charge >= 0.3 is 12.1 Å². The van der Waals surface area contributed by atoms with E-state index in [-0.39, 0.29) is 36.6 Å². The molecule has 0 amide bonds. The molecule has 39 heavy (non-hydrogen) atoms. The van der Waals surface area contributed by atoms with Crippen LogP contribution in [-0.4, -0.2) is 37.2 Å². The summed E-state index contributed by atoms with van der Waals surface area (Å²) >= 11 is 0. The Morgan fingerprint density at radius 3 is 2.41 bits per heavy atom. The molecule has 0 bridgehead atoms. The number of aromatic hydroxyl groups is 1. The van der Waals surface area contributed by atoms with Gasteiger partial charge in [-0.15, -0.1) is 0 Å². The second-order valence-corrected chi connectivity index (χ2v) is 11.2. The van der Waals surface area contributed by atoms with Gasteiger partial charge in [0.1, 0.15) is 17.6 Å². The van der Waals surface area contributed by atoms with Crippen LogP contribution in [0.4, 0.5) is 18.9 Å². The van der Waals surface area contributed by atoms with Crippen LogP contribution in [0.1, 0.15) is 40.7 Å². The minimum absolute atomic E-state index is 0.00441. The minimum atomic E-state index is -4.74. The number of fused-ring (bicyclic) bond motifs is 1. The maximum atomic E-state index is 13.7. The van der Waals surface area contributed by atoms with Gasteiger partial charge in [-0.3, -0.25) is 9.10 Å². The van der Waals surface area contributed by atoms with Crippen LogP contribution in [0.25, 0.3) is 12.2 Å². The SMILES string of the molecule is Cc1cc(O)cc(C)c1/C=C/c1ccc2c(c1)N(S(=O)(=O)c1cccc(C(F)(F)F)c1)C[C@H](CCC(=O)O)O2. The first-order valence-electron chi connectivity index (χ1n) is 12.0. The van der Waals surface area contributed by atoms with Crippen LogP contribution in [0.2, 0.25) is 0 Å². The molecular weight excluding hydrogens is 535 g/mol. The fraction of sp³-hybridized carbons (Fsp3) is 0.250. The lowest BCUT2D eigenvalue weighted by atomic mass is 10.0. The third-order valence-corrected chi connectivity index (χ3v) is 8.14. The number of sulfonamides is 1. The fourth-order valence-corrected chi connectivity index (χ4v) is 5.99. The summed E-state index contributed by atoms with van der Waals surface area (Å²) in [6.45, 7) is 3.41. The number of aliphatic carboxylic acids is 1. The average Bonchev–Trinajstić information content (AvgIpc) is 2.85. The van der Waals surface area contributed by atoms with E-state index in [0.29, 0.717) is 11.6 Å². The zero-order valence-electron chi connectivity index (χ0n) is 21.1. The maximum Gasteiger partial charge on any atom is 0.416 e. The van der Waals surface area contributed by atoms with E-state index in [1.807, 2.05) is 19.9 Å². The summed E-state index contributed by atoms with van der Waals surface area (Å²) in [5, 5.41) is 18.9. The Kier molecular flexibility index (Phi) is 7.65. The molecule has 3 aromatic carbocycles. The summed E-state index contributed by atoms with van der Waals surface area (Å²) in [4.78, 5) is 10.6. The highest BCUT2D eigenvalue weighted by Crippen LogP contribution is 2.40. The van der Waals surface area contributed by atoms with Crippen molar-refractivity contribution in [3.05, 3.63) is 82.4 Å². The lowest BCUT2D eigenvalue weighted by molar-refractivity contribution is -0.138. The monoisotopic (exact) mass is 561 g/mol. The number of halogens is 3. The van der Waals surface area contributed by atoms with Crippen LogP contribution in [0.5, 0.6) is 11.5 Å². The van der Waals surface area contributed by atoms with E-state index in [2.05, 4.69) is 0 Å². The van der Waals surface area contributed by atoms with Crippen LogP contribution < -0.4 is 9.04 Å². The van der Waals surface area contributed by atoms with Gasteiger partial charge in [0.05, 0.1) is 22.7 Å². The highest BCUT2D eigenvalue weighted by atomic mass is 32.2. The molecule has 3 aromatic rings. The van der Waals surface area contributed by atoms with Crippen molar-refractivity contribution in [3.63, 3.8) is 0 Å². The van der Waals surface area contributed by atoms with E-state index in [1.54, 1.807) is 36.4 Å². The lowest BCUT2D eigenvalue weighted by Crippen LogP contribution is -2.43. The minimum Gasteiger partial charge on any atom is -0.508 e. The number of anilines is 1. The van der Waals surface area contributed by atoms with Crippen molar-refractivity contribution in [2.24, 2.45) is 0 Å². The van der Waals surface area contributed by atoms with Crippen molar-refractivity contribution in [2.45, 2.75) is 43.9 Å². The molecular formula is C28H26F3NO6S. The third kappa shape index (κ3) is 6.19. The molecule has 0 unspecified atom stereocenters. The smallest absolute Gasteiger partial charge is 0.416 e. The average molecular weight is 562 g/mol. The second-order valence-electron chi connectivity index (χ2n) is 9.29. The van der Waals surface area contributed by atoms with Gasteiger partial charge < -0.3 is 14.9 Å². The Balaban J connectivity index is 1.76. The van der Waals surface area contributed by atoms with E-state index in [1.165, 1.54) is 0 Å². The summed E-state index contributed by atoms with van der Waals surface area (Å²) in [5.74, 6) is -0.778. The van der Waals surface area contributed by atoms with Crippen LogP contribution in [-0.2, 0) is 21.0 Å². The summed E-state index contributed by atoms with van der Waals surface area (Å²) in [7, 11) is -4.48. The molecule has 0 fully saturated rings. The molecule has 0 aliphatic carbocycles. The quantitative estimate of drug-likeness (QED) is 0.342. The predicted molar refractivity (Wildman–Crippen MR) is 140 cm³/mol. The van der Waals surface area contributed by atoms with Crippen molar-refractivity contribution >= 4 is 33.8 Å². The Morgan fingerprint density at radius 1 is 1.08 bits per heavy atom. The van der Waals surface area contributed by atoms with Crippen LogP contribution in [0.15, 0.2) is 59.5 Å². The Labute approximate surface area is 223 Å². The summed E-state index contributed by atoms with van der Waals surface area (Å²) in [6.07, 6.45) is -2.26. The van der Waals surface area contributed by atoms with Crippen molar-refractivity contribution < 1.29 is 41.3 Å². The molecule has 11 heteroatoms. The zero-order valence-corrected chi connectivity index (χ0v) is 21.9. The van der Waals surface area contributed by atoms with E-state index in [9.17, 15) is 31.5 Å². The number of aryl methyl sites for hydroxylation is 2. The van der Waals surface area contributed by atoms with Gasteiger partial charge in [-0.1, -0.05) is 24.3 Å². The van der Waals surface area contributed by atoms with Gasteiger partial charge in [0.25, 0.3) is 10.0 Å². The van der Waals surface area contributed by atoms with E-state index in [0.717, 1.165) is 39.2 Å². The van der Waals surface area contributed by atoms with Gasteiger partial charge in [-0.25, -0.2) is 8.42 Å². The first-order chi connectivity index (χ1) is 18.3. The van der Waals surface area contributed by atoms with Crippen LogP contribution >= 0.6 is 0 Å². The standard InChI is InChI=1S/C28H26F3NO6S/c1-17-12-21(33)13-18(2)24(17)9-6-19-7-10-26-25(14-19)32(16-22(38-26)8-11-27(34)35)39(36,37)23-5-3-4-20(15-23)28(29,30)31/h3-7,9-10,12-15,22,33H,8,11,16H2,1-2H3,(H,34,35)/b9-6+/t22-/m0/s1. The Hall–Kier alpha value is -3.99. The zero-order chi connectivity index (χ0) is 28.5. The molecule has 0 radical (unpaired) electrons. The van der Waals surface area contributed by atoms with Crippen molar-refractivity contribution in [1.82, 2.24) is 0 Å². The van der Waals surface area contributed by atoms with Gasteiger partial charge in [-0.2, -0.15) is 13.2 Å². The van der Waals surface area contributed by atoms with Crippen molar-refractivity contribution in [3.8, 4) is 11.5 Å². The number of rotatable bonds is 7. The van der Waals surface area contributed by atoms with Crippen molar-refractivity contribution in [2.75, 3.05) is 10.8 Å². The number of phenols is 1. The molecule has 2 N–H and O–H groups in total. The molecule has 0 spiro atoms. The number of ether oxygens (including phenoxy) is 1. The summed E-state index contributed by atoms with van der Waals surface area (Å²) in [5.41, 5.74) is 2.15. The van der Waals surface area contributed by atoms with Gasteiger partial charge in [0.2, 0.25) is 0 Å². The molecule has 0 aromatic heterocycles. The lowest BCUT2D eigenvalue weighted by Gasteiger charge is -2.35. The highest BCUT2D eigenvalue weighted by Gasteiger charge is 2.37. The molecule has 1 aliphatic heterocycles. The van der Waals surface area contributed by atoms with Gasteiger partial charge in [-0.05, 0) is 85.0 Å². The normalized spacial score (nSPS) is 15.7. The second kappa shape index (κ2) is 10.6. The molecule has 7 nitrogen and oxygen atoms in total. The summed E-state index contributed by atoms with van der Waals surface area (Å²) in [6, 6.07) is 11.5. The van der Waals surface area contributed by atoms with E-state index < -0.39 is 38.7 Å². The number of alkyl halides is 3. The van der Waals surface area contributed by atoms with Crippen LogP contribution in [0, 0.1) is 13.8 Å². The number of benzene rings is 3. The number of hydrogen-bond acceptors (Lipinski definition) is 5. The number of nitrogens with zero attached hydrogens (tertiary/aromatic N) is 1. The maximum absolute atomic E-state index is 13.7. The number of carbonyl (C=O) groups is 1. The molecule has 1 heterocycles. The number of phenolic OH excluding ortho intramolecular Hbond substituents is 1. The van der Waals surface area contributed by atoms with E-state index in [4.69, 9.17) is 9.84 Å². The number of hydrogen-bond donors (Lipinski definition) is 2. The van der Waals surface area contributed by atoms with Gasteiger partial charge in [0, 0.05) is 6.42 Å². The Morgan fingerprint density at radius 2 is 1.77 bits per heavy atom. The topological polar surface area (TPSA) is 104 Å². The number of carboxylic acid groups (broad SMARTS) is 1. The number of carboxylic acids is 1. The molecule has 1 aliphatic rings. The first-order valence-corrected chi connectivity index (χ1v) is 13.4. The third-order valence-electron chi connectivity index (χ3n) is 6.37. The highest BCUT2D eigenvalue weighted by molar-refractivity contribution is 7.92. The van der Waals surface area contributed by atoms with E-state index >= 15 is 0 Å². The van der Waals surface area contributed by atoms with Crippen molar-refractivity contribution in [1.29, 1.82) is 0 Å². The molecule has 0 saturated heterocycles. The summed E-state index contributed by atoms with van der Waals surface area (Å²) < 4.78 is 74.2.